The molecule has 0 aliphatic carbocycles. The molecule has 0 saturated heterocycles. The number of hydrazine groups is 1. The van der Waals surface area contributed by atoms with E-state index >= 15 is 0 Å². The number of nitrogen functional groups attached to an aromatic ring is 1. The van der Waals surface area contributed by atoms with E-state index in [9.17, 15) is 0 Å². The standard InChI is InChI=1S/C12H15N5S/c1-2-3-10-11(17-13)15-8-16-12(10)18-9-4-6-14-7-5-9/h4-8H,2-3,13H2,1H3,(H,15,16,17). The van der Waals surface area contributed by atoms with Crippen molar-refractivity contribution in [2.75, 3.05) is 5.43 Å². The third kappa shape index (κ3) is 2.96. The van der Waals surface area contributed by atoms with Crippen LogP contribution in [0.5, 0.6) is 0 Å². The Kier molecular flexibility index (Phi) is 4.49. The summed E-state index contributed by atoms with van der Waals surface area (Å²) in [5.74, 6) is 6.18. The van der Waals surface area contributed by atoms with Crippen molar-refractivity contribution in [2.45, 2.75) is 29.7 Å². The molecule has 2 heterocycles. The Bertz CT molecular complexity index is 503. The van der Waals surface area contributed by atoms with Crippen molar-refractivity contribution < 1.29 is 0 Å². The molecule has 6 heteroatoms. The predicted octanol–water partition coefficient (Wildman–Crippen LogP) is 2.26. The van der Waals surface area contributed by atoms with E-state index in [0.29, 0.717) is 5.82 Å². The molecule has 2 aromatic heterocycles. The van der Waals surface area contributed by atoms with Crippen LogP contribution in [0.1, 0.15) is 18.9 Å². The minimum Gasteiger partial charge on any atom is -0.308 e. The third-order valence-corrected chi connectivity index (χ3v) is 3.46. The number of nitrogens with two attached hydrogens (primary N) is 1. The Balaban J connectivity index is 2.32. The van der Waals surface area contributed by atoms with Crippen LogP contribution in [-0.4, -0.2) is 15.0 Å². The lowest BCUT2D eigenvalue weighted by Gasteiger charge is -2.11. The lowest BCUT2D eigenvalue weighted by atomic mass is 10.2. The van der Waals surface area contributed by atoms with Crippen LogP contribution in [0.3, 0.4) is 0 Å². The van der Waals surface area contributed by atoms with Gasteiger partial charge in [0.1, 0.15) is 17.2 Å². The van der Waals surface area contributed by atoms with Gasteiger partial charge in [-0.05, 0) is 18.6 Å². The first kappa shape index (κ1) is 12.8. The smallest absolute Gasteiger partial charge is 0.147 e. The van der Waals surface area contributed by atoms with E-state index in [1.807, 2.05) is 12.1 Å². The molecule has 0 fully saturated rings. The van der Waals surface area contributed by atoms with Gasteiger partial charge in [-0.25, -0.2) is 15.8 Å². The number of rotatable bonds is 5. The van der Waals surface area contributed by atoms with E-state index in [4.69, 9.17) is 5.84 Å². The molecule has 2 rings (SSSR count). The molecule has 0 spiro atoms. The van der Waals surface area contributed by atoms with Gasteiger partial charge >= 0.3 is 0 Å². The summed E-state index contributed by atoms with van der Waals surface area (Å²) in [6, 6.07) is 3.91. The summed E-state index contributed by atoms with van der Waals surface area (Å²) in [7, 11) is 0. The van der Waals surface area contributed by atoms with Crippen LogP contribution in [0, 0.1) is 0 Å². The Hall–Kier alpha value is -1.66. The second kappa shape index (κ2) is 6.32. The van der Waals surface area contributed by atoms with Crippen LogP contribution in [0.25, 0.3) is 0 Å². The molecule has 0 saturated carbocycles. The van der Waals surface area contributed by atoms with Gasteiger partial charge in [0.2, 0.25) is 0 Å². The SMILES string of the molecule is CCCc1c(NN)ncnc1Sc1ccncc1. The highest BCUT2D eigenvalue weighted by atomic mass is 32.2. The van der Waals surface area contributed by atoms with Gasteiger partial charge in [-0.2, -0.15) is 0 Å². The van der Waals surface area contributed by atoms with Gasteiger partial charge in [-0.1, -0.05) is 25.1 Å². The summed E-state index contributed by atoms with van der Waals surface area (Å²) in [6.07, 6.45) is 6.98. The van der Waals surface area contributed by atoms with Crippen LogP contribution >= 0.6 is 11.8 Å². The minimum absolute atomic E-state index is 0.698. The number of nitrogens with one attached hydrogen (secondary N) is 1. The maximum atomic E-state index is 5.48. The fraction of sp³-hybridized carbons (Fsp3) is 0.250. The molecule has 5 nitrogen and oxygen atoms in total. The van der Waals surface area contributed by atoms with Crippen molar-refractivity contribution in [3.05, 3.63) is 36.4 Å². The average Bonchev–Trinajstić information content (AvgIpc) is 2.42. The molecule has 0 aliphatic rings. The molecule has 0 aliphatic heterocycles. The summed E-state index contributed by atoms with van der Waals surface area (Å²) < 4.78 is 0. The Morgan fingerprint density at radius 2 is 2.06 bits per heavy atom. The van der Waals surface area contributed by atoms with Gasteiger partial charge in [-0.3, -0.25) is 4.98 Å². The summed E-state index contributed by atoms with van der Waals surface area (Å²) in [6.45, 7) is 2.12. The third-order valence-electron chi connectivity index (χ3n) is 2.41. The lowest BCUT2D eigenvalue weighted by molar-refractivity contribution is 0.856. The van der Waals surface area contributed by atoms with Crippen molar-refractivity contribution in [1.82, 2.24) is 15.0 Å². The first-order valence-corrected chi connectivity index (χ1v) is 6.55. The molecule has 0 unspecified atom stereocenters. The summed E-state index contributed by atoms with van der Waals surface area (Å²) in [4.78, 5) is 13.6. The van der Waals surface area contributed by atoms with Crippen molar-refractivity contribution >= 4 is 17.6 Å². The quantitative estimate of drug-likeness (QED) is 0.488. The van der Waals surface area contributed by atoms with Gasteiger partial charge in [0.25, 0.3) is 0 Å². The second-order valence-electron chi connectivity index (χ2n) is 3.69. The maximum Gasteiger partial charge on any atom is 0.147 e. The molecular weight excluding hydrogens is 246 g/mol. The molecule has 3 N–H and O–H groups in total. The Labute approximate surface area is 110 Å². The van der Waals surface area contributed by atoms with Crippen molar-refractivity contribution in [1.29, 1.82) is 0 Å². The van der Waals surface area contributed by atoms with Crippen LogP contribution < -0.4 is 11.3 Å². The Morgan fingerprint density at radius 1 is 1.28 bits per heavy atom. The summed E-state index contributed by atoms with van der Waals surface area (Å²) >= 11 is 1.60. The minimum atomic E-state index is 0.698. The normalized spacial score (nSPS) is 10.3. The van der Waals surface area contributed by atoms with Gasteiger partial charge in [0.15, 0.2) is 0 Å². The molecule has 0 atom stereocenters. The fourth-order valence-corrected chi connectivity index (χ4v) is 2.50. The number of aromatic nitrogens is 3. The molecule has 0 aromatic carbocycles. The molecule has 0 amide bonds. The molecule has 18 heavy (non-hydrogen) atoms. The van der Waals surface area contributed by atoms with Gasteiger partial charge in [0, 0.05) is 22.9 Å². The monoisotopic (exact) mass is 261 g/mol. The first-order valence-electron chi connectivity index (χ1n) is 5.73. The molecule has 0 bridgehead atoms. The largest absolute Gasteiger partial charge is 0.308 e. The van der Waals surface area contributed by atoms with Crippen molar-refractivity contribution in [3.63, 3.8) is 0 Å². The number of pyridine rings is 1. The zero-order valence-corrected chi connectivity index (χ0v) is 10.9. The number of hydrogen-bond donors (Lipinski definition) is 2. The van der Waals surface area contributed by atoms with Crippen LogP contribution in [0.15, 0.2) is 40.8 Å². The first-order chi connectivity index (χ1) is 8.85. The van der Waals surface area contributed by atoms with Gasteiger partial charge in [0.05, 0.1) is 0 Å². The fourth-order valence-electron chi connectivity index (χ4n) is 1.60. The summed E-state index contributed by atoms with van der Waals surface area (Å²) in [5, 5.41) is 0.936. The van der Waals surface area contributed by atoms with E-state index in [-0.39, 0.29) is 0 Å². The van der Waals surface area contributed by atoms with E-state index in [2.05, 4.69) is 27.3 Å². The van der Waals surface area contributed by atoms with Crippen LogP contribution in [0.2, 0.25) is 0 Å². The highest BCUT2D eigenvalue weighted by Crippen LogP contribution is 2.31. The molecule has 94 valence electrons. The highest BCUT2D eigenvalue weighted by molar-refractivity contribution is 7.99. The van der Waals surface area contributed by atoms with E-state index < -0.39 is 0 Å². The van der Waals surface area contributed by atoms with Crippen LogP contribution in [0.4, 0.5) is 5.82 Å². The van der Waals surface area contributed by atoms with Crippen molar-refractivity contribution in [2.24, 2.45) is 5.84 Å². The highest BCUT2D eigenvalue weighted by Gasteiger charge is 2.11. The zero-order valence-electron chi connectivity index (χ0n) is 10.1. The van der Waals surface area contributed by atoms with Gasteiger partial charge < -0.3 is 5.43 Å². The Morgan fingerprint density at radius 3 is 2.72 bits per heavy atom. The lowest BCUT2D eigenvalue weighted by Crippen LogP contribution is -2.12. The van der Waals surface area contributed by atoms with Crippen LogP contribution in [-0.2, 0) is 6.42 Å². The van der Waals surface area contributed by atoms with Gasteiger partial charge in [-0.15, -0.1) is 0 Å². The van der Waals surface area contributed by atoms with Crippen molar-refractivity contribution in [3.8, 4) is 0 Å². The average molecular weight is 261 g/mol. The number of anilines is 1. The van der Waals surface area contributed by atoms with E-state index in [1.54, 1.807) is 24.2 Å². The molecule has 2 aromatic rings. The number of nitrogens with zero attached hydrogens (tertiary/aromatic N) is 3. The second-order valence-corrected chi connectivity index (χ2v) is 4.75. The van der Waals surface area contributed by atoms with E-state index in [0.717, 1.165) is 28.3 Å². The maximum absolute atomic E-state index is 5.48. The number of hydrogen-bond acceptors (Lipinski definition) is 6. The molecular formula is C12H15N5S. The topological polar surface area (TPSA) is 76.7 Å². The van der Waals surface area contributed by atoms with E-state index in [1.165, 1.54) is 6.33 Å². The summed E-state index contributed by atoms with van der Waals surface area (Å²) in [5.41, 5.74) is 3.69. The predicted molar refractivity (Wildman–Crippen MR) is 72.2 cm³/mol. The zero-order chi connectivity index (χ0) is 12.8. The molecule has 0 radical (unpaired) electrons.